The Balaban J connectivity index is 1.67. The molecule has 0 saturated carbocycles. The summed E-state index contributed by atoms with van der Waals surface area (Å²) < 4.78 is 46.0. The van der Waals surface area contributed by atoms with Crippen molar-refractivity contribution in [1.29, 1.82) is 0 Å². The maximum absolute atomic E-state index is 12.8. The lowest BCUT2D eigenvalue weighted by Gasteiger charge is -2.34. The first-order valence-corrected chi connectivity index (χ1v) is 9.66. The number of rotatable bonds is 3. The number of morpholine rings is 1. The summed E-state index contributed by atoms with van der Waals surface area (Å²) in [6, 6.07) is 4.98. The molecule has 3 rings (SSSR count). The molecule has 1 unspecified atom stereocenters. The van der Waals surface area contributed by atoms with Crippen LogP contribution < -0.4 is 5.32 Å². The van der Waals surface area contributed by atoms with Gasteiger partial charge in [-0.2, -0.15) is 18.3 Å². The van der Waals surface area contributed by atoms with Gasteiger partial charge in [0.15, 0.2) is 5.96 Å². The molecule has 1 aliphatic rings. The Labute approximate surface area is 173 Å². The first kappa shape index (κ1) is 21.7. The molecule has 0 radical (unpaired) electrons. The molecular weight excluding hydrogens is 395 g/mol. The first-order valence-electron chi connectivity index (χ1n) is 9.66. The molecule has 1 atom stereocenters. The van der Waals surface area contributed by atoms with E-state index in [0.29, 0.717) is 37.8 Å². The molecule has 1 aliphatic heterocycles. The van der Waals surface area contributed by atoms with Gasteiger partial charge in [0.2, 0.25) is 0 Å². The third-order valence-corrected chi connectivity index (χ3v) is 4.53. The summed E-state index contributed by atoms with van der Waals surface area (Å²) in [5.41, 5.74) is 0.608. The van der Waals surface area contributed by atoms with Crippen LogP contribution in [0.2, 0.25) is 0 Å². The van der Waals surface area contributed by atoms with Gasteiger partial charge in [-0.25, -0.2) is 4.99 Å². The Morgan fingerprint density at radius 1 is 1.40 bits per heavy atom. The van der Waals surface area contributed by atoms with E-state index in [9.17, 15) is 13.2 Å². The number of nitrogens with zero attached hydrogens (tertiary/aromatic N) is 4. The monoisotopic (exact) mass is 419 g/mol. The molecule has 1 aromatic carbocycles. The van der Waals surface area contributed by atoms with E-state index in [1.165, 1.54) is 6.07 Å². The molecule has 2 aromatic rings. The van der Waals surface area contributed by atoms with Gasteiger partial charge in [-0.05, 0) is 25.1 Å². The number of benzene rings is 1. The second-order valence-electron chi connectivity index (χ2n) is 6.80. The summed E-state index contributed by atoms with van der Waals surface area (Å²) in [5.74, 6) is 6.30. The SMILES string of the molecule is CCNC(=NCC#Cc1cccc(C(F)(F)F)c1)N1CCOC(c2cnn(C)c2)C1. The van der Waals surface area contributed by atoms with Gasteiger partial charge in [-0.15, -0.1) is 0 Å². The second kappa shape index (κ2) is 9.67. The minimum absolute atomic E-state index is 0.104. The minimum atomic E-state index is -4.38. The zero-order valence-electron chi connectivity index (χ0n) is 16.9. The van der Waals surface area contributed by atoms with Gasteiger partial charge in [-0.1, -0.05) is 17.9 Å². The molecule has 0 amide bonds. The van der Waals surface area contributed by atoms with Gasteiger partial charge in [-0.3, -0.25) is 4.68 Å². The largest absolute Gasteiger partial charge is 0.416 e. The lowest BCUT2D eigenvalue weighted by Crippen LogP contribution is -2.48. The highest BCUT2D eigenvalue weighted by atomic mass is 19.4. The third kappa shape index (κ3) is 5.76. The summed E-state index contributed by atoms with van der Waals surface area (Å²) >= 11 is 0. The maximum Gasteiger partial charge on any atom is 0.416 e. The van der Waals surface area contributed by atoms with Crippen LogP contribution >= 0.6 is 0 Å². The first-order chi connectivity index (χ1) is 14.4. The Bertz CT molecular complexity index is 942. The van der Waals surface area contributed by atoms with Crippen molar-refractivity contribution in [3.63, 3.8) is 0 Å². The predicted octanol–water partition coefficient (Wildman–Crippen LogP) is 2.83. The zero-order valence-corrected chi connectivity index (χ0v) is 16.9. The van der Waals surface area contributed by atoms with Crippen LogP contribution in [0.5, 0.6) is 0 Å². The van der Waals surface area contributed by atoms with Crippen LogP contribution in [0.4, 0.5) is 13.2 Å². The molecule has 0 bridgehead atoms. The predicted molar refractivity (Wildman–Crippen MR) is 108 cm³/mol. The maximum atomic E-state index is 12.8. The highest BCUT2D eigenvalue weighted by Gasteiger charge is 2.30. The number of aromatic nitrogens is 2. The molecule has 2 heterocycles. The Kier molecular flexibility index (Phi) is 7.00. The number of aliphatic imine (C=N–C) groups is 1. The number of nitrogens with one attached hydrogen (secondary N) is 1. The van der Waals surface area contributed by atoms with Crippen molar-refractivity contribution in [2.24, 2.45) is 12.0 Å². The molecule has 30 heavy (non-hydrogen) atoms. The highest BCUT2D eigenvalue weighted by molar-refractivity contribution is 5.80. The molecule has 0 spiro atoms. The number of ether oxygens (including phenoxy) is 1. The van der Waals surface area contributed by atoms with E-state index in [4.69, 9.17) is 4.74 Å². The topological polar surface area (TPSA) is 54.7 Å². The van der Waals surface area contributed by atoms with E-state index in [-0.39, 0.29) is 12.6 Å². The number of aryl methyl sites for hydroxylation is 1. The molecule has 1 aromatic heterocycles. The van der Waals surface area contributed by atoms with Crippen LogP contribution in [0, 0.1) is 11.8 Å². The van der Waals surface area contributed by atoms with Crippen molar-refractivity contribution in [3.8, 4) is 11.8 Å². The number of hydrogen-bond acceptors (Lipinski definition) is 3. The minimum Gasteiger partial charge on any atom is -0.370 e. The molecule has 9 heteroatoms. The fraction of sp³-hybridized carbons (Fsp3) is 0.429. The number of halogens is 3. The number of alkyl halides is 3. The fourth-order valence-corrected chi connectivity index (χ4v) is 3.10. The van der Waals surface area contributed by atoms with E-state index in [1.807, 2.05) is 20.2 Å². The Hall–Kier alpha value is -2.99. The molecule has 1 N–H and O–H groups in total. The molecule has 1 saturated heterocycles. The van der Waals surface area contributed by atoms with Gasteiger partial charge in [0, 0.05) is 37.5 Å². The van der Waals surface area contributed by atoms with Gasteiger partial charge >= 0.3 is 6.18 Å². The quantitative estimate of drug-likeness (QED) is 0.472. The average Bonchev–Trinajstić information content (AvgIpc) is 3.16. The smallest absolute Gasteiger partial charge is 0.370 e. The standard InChI is InChI=1S/C21H24F3N5O/c1-3-25-20(29-10-11-30-19(15-29)17-13-27-28(2)14-17)26-9-5-7-16-6-4-8-18(12-16)21(22,23)24/h4,6,8,12-14,19H,3,9-11,15H2,1-2H3,(H,25,26). The summed E-state index contributed by atoms with van der Waals surface area (Å²) in [4.78, 5) is 6.61. The normalized spacial score (nSPS) is 17.4. The molecular formula is C21H24F3N5O. The van der Waals surface area contributed by atoms with Crippen LogP contribution in [0.1, 0.15) is 29.7 Å². The van der Waals surface area contributed by atoms with E-state index in [0.717, 1.165) is 17.7 Å². The summed E-state index contributed by atoms with van der Waals surface area (Å²) in [5, 5.41) is 7.43. The van der Waals surface area contributed by atoms with E-state index < -0.39 is 11.7 Å². The van der Waals surface area contributed by atoms with Crippen LogP contribution in [0.25, 0.3) is 0 Å². The number of hydrogen-bond donors (Lipinski definition) is 1. The number of guanidine groups is 1. The Morgan fingerprint density at radius 3 is 2.93 bits per heavy atom. The molecule has 160 valence electrons. The summed E-state index contributed by atoms with van der Waals surface area (Å²) in [6.45, 7) is 4.70. The van der Waals surface area contributed by atoms with Crippen LogP contribution in [-0.4, -0.2) is 53.4 Å². The van der Waals surface area contributed by atoms with E-state index in [1.54, 1.807) is 16.9 Å². The van der Waals surface area contributed by atoms with Crippen LogP contribution in [0.15, 0.2) is 41.7 Å². The van der Waals surface area contributed by atoms with Gasteiger partial charge in [0.05, 0.1) is 24.9 Å². The molecule has 0 aliphatic carbocycles. The molecule has 1 fully saturated rings. The summed E-state index contributed by atoms with van der Waals surface area (Å²) in [7, 11) is 1.86. The van der Waals surface area contributed by atoms with E-state index in [2.05, 4.69) is 32.1 Å². The lowest BCUT2D eigenvalue weighted by molar-refractivity contribution is -0.137. The van der Waals surface area contributed by atoms with Crippen molar-refractivity contribution in [3.05, 3.63) is 53.3 Å². The zero-order chi connectivity index (χ0) is 21.6. The lowest BCUT2D eigenvalue weighted by atomic mass is 10.1. The van der Waals surface area contributed by atoms with Crippen LogP contribution in [0.3, 0.4) is 0 Å². The van der Waals surface area contributed by atoms with Crippen molar-refractivity contribution >= 4 is 5.96 Å². The highest BCUT2D eigenvalue weighted by Crippen LogP contribution is 2.29. The summed E-state index contributed by atoms with van der Waals surface area (Å²) in [6.07, 6.45) is -0.764. The van der Waals surface area contributed by atoms with Gasteiger partial charge < -0.3 is 15.0 Å². The fourth-order valence-electron chi connectivity index (χ4n) is 3.10. The van der Waals surface area contributed by atoms with Crippen molar-refractivity contribution in [2.75, 3.05) is 32.8 Å². The van der Waals surface area contributed by atoms with Crippen LogP contribution in [-0.2, 0) is 18.0 Å². The second-order valence-corrected chi connectivity index (χ2v) is 6.80. The molecule has 6 nitrogen and oxygen atoms in total. The Morgan fingerprint density at radius 2 is 2.23 bits per heavy atom. The van der Waals surface area contributed by atoms with E-state index >= 15 is 0 Å². The third-order valence-electron chi connectivity index (χ3n) is 4.53. The average molecular weight is 419 g/mol. The van der Waals surface area contributed by atoms with Gasteiger partial charge in [0.1, 0.15) is 12.6 Å². The van der Waals surface area contributed by atoms with Gasteiger partial charge in [0.25, 0.3) is 0 Å². The van der Waals surface area contributed by atoms with Crippen molar-refractivity contribution in [1.82, 2.24) is 20.0 Å². The van der Waals surface area contributed by atoms with Crippen molar-refractivity contribution in [2.45, 2.75) is 19.2 Å². The van der Waals surface area contributed by atoms with Crippen molar-refractivity contribution < 1.29 is 17.9 Å².